The Morgan fingerprint density at radius 1 is 1.31 bits per heavy atom. The predicted molar refractivity (Wildman–Crippen MR) is 42.0 cm³/mol. The number of halogens is 2. The lowest BCUT2D eigenvalue weighted by molar-refractivity contribution is -0.205. The Hall–Kier alpha value is -1.47. The molecule has 4 heteroatoms. The maximum Gasteiger partial charge on any atom is 0.373 e. The van der Waals surface area contributed by atoms with Gasteiger partial charge in [0, 0.05) is 0 Å². The zero-order chi connectivity index (χ0) is 9.90. The molecule has 0 bridgehead atoms. The van der Waals surface area contributed by atoms with E-state index in [9.17, 15) is 8.78 Å². The smallest absolute Gasteiger partial charge is 0.335 e. The Labute approximate surface area is 74.0 Å². The molecule has 0 amide bonds. The summed E-state index contributed by atoms with van der Waals surface area (Å²) < 4.78 is 24.8. The molecule has 1 atom stereocenters. The Morgan fingerprint density at radius 2 is 1.85 bits per heavy atom. The van der Waals surface area contributed by atoms with E-state index in [0.29, 0.717) is 0 Å². The topological polar surface area (TPSA) is 44.0 Å². The van der Waals surface area contributed by atoms with Gasteiger partial charge in [0.25, 0.3) is 0 Å². The van der Waals surface area contributed by atoms with Gasteiger partial charge in [-0.2, -0.15) is 14.0 Å². The molecule has 68 valence electrons. The van der Waals surface area contributed by atoms with E-state index >= 15 is 0 Å². The van der Waals surface area contributed by atoms with Crippen LogP contribution < -0.4 is 0 Å². The fraction of sp³-hybridized carbons (Fsp3) is 0.222. The number of rotatable bonds is 2. The molecule has 13 heavy (non-hydrogen) atoms. The molecule has 0 radical (unpaired) electrons. The van der Waals surface area contributed by atoms with Crippen molar-refractivity contribution < 1.29 is 13.9 Å². The van der Waals surface area contributed by atoms with Crippen LogP contribution in [0.25, 0.3) is 0 Å². The summed E-state index contributed by atoms with van der Waals surface area (Å²) in [6.07, 6.45) is -3.99. The van der Waals surface area contributed by atoms with Gasteiger partial charge in [-0.3, -0.25) is 0 Å². The first-order valence-corrected chi connectivity index (χ1v) is 3.60. The van der Waals surface area contributed by atoms with E-state index in [0.717, 1.165) is 0 Å². The first kappa shape index (κ1) is 9.62. The summed E-state index contributed by atoms with van der Waals surface area (Å²) in [5.74, 6) is -1.80. The molecule has 0 saturated heterocycles. The van der Waals surface area contributed by atoms with Crippen molar-refractivity contribution in [3.05, 3.63) is 35.9 Å². The average Bonchev–Trinajstić information content (AvgIpc) is 2.05. The standard InChI is InChI=1S/C9H7F2NO/c10-9(11,13)8(6-12)7-4-2-1-3-5-7/h1-5,8,13H. The molecule has 0 fully saturated rings. The maximum atomic E-state index is 12.4. The summed E-state index contributed by atoms with van der Waals surface area (Å²) in [5, 5.41) is 16.8. The van der Waals surface area contributed by atoms with Gasteiger partial charge in [-0.05, 0) is 5.56 Å². The van der Waals surface area contributed by atoms with Crippen molar-refractivity contribution in [2.75, 3.05) is 0 Å². The van der Waals surface area contributed by atoms with Crippen LogP contribution in [0.4, 0.5) is 8.78 Å². The first-order chi connectivity index (χ1) is 6.05. The second-order valence-corrected chi connectivity index (χ2v) is 2.56. The highest BCUT2D eigenvalue weighted by atomic mass is 19.3. The van der Waals surface area contributed by atoms with Crippen molar-refractivity contribution in [3.63, 3.8) is 0 Å². The lowest BCUT2D eigenvalue weighted by Crippen LogP contribution is -2.24. The van der Waals surface area contributed by atoms with Crippen molar-refractivity contribution in [2.45, 2.75) is 12.0 Å². The van der Waals surface area contributed by atoms with Crippen molar-refractivity contribution in [1.82, 2.24) is 0 Å². The summed E-state index contributed by atoms with van der Waals surface area (Å²) in [7, 11) is 0. The number of hydrogen-bond acceptors (Lipinski definition) is 2. The minimum Gasteiger partial charge on any atom is -0.335 e. The van der Waals surface area contributed by atoms with Crippen LogP contribution in [0.1, 0.15) is 11.5 Å². The zero-order valence-corrected chi connectivity index (χ0v) is 6.61. The Kier molecular flexibility index (Phi) is 2.59. The van der Waals surface area contributed by atoms with E-state index < -0.39 is 12.0 Å². The fourth-order valence-corrected chi connectivity index (χ4v) is 0.998. The molecule has 0 aliphatic carbocycles. The highest BCUT2D eigenvalue weighted by Crippen LogP contribution is 2.29. The van der Waals surface area contributed by atoms with Crippen LogP contribution in [0, 0.1) is 11.3 Å². The molecule has 1 rings (SSSR count). The third-order valence-corrected chi connectivity index (χ3v) is 1.61. The van der Waals surface area contributed by atoms with Gasteiger partial charge in [-0.15, -0.1) is 0 Å². The number of nitriles is 1. The number of aliphatic hydroxyl groups is 1. The number of alkyl halides is 2. The van der Waals surface area contributed by atoms with E-state index in [1.54, 1.807) is 6.07 Å². The number of nitrogens with zero attached hydrogens (tertiary/aromatic N) is 1. The van der Waals surface area contributed by atoms with E-state index in [1.165, 1.54) is 30.3 Å². The van der Waals surface area contributed by atoms with Crippen LogP contribution in [0.3, 0.4) is 0 Å². The molecule has 0 spiro atoms. The van der Waals surface area contributed by atoms with E-state index in [-0.39, 0.29) is 5.56 Å². The van der Waals surface area contributed by atoms with Gasteiger partial charge >= 0.3 is 6.11 Å². The van der Waals surface area contributed by atoms with Gasteiger partial charge < -0.3 is 5.11 Å². The molecule has 1 aromatic carbocycles. The largest absolute Gasteiger partial charge is 0.373 e. The summed E-state index contributed by atoms with van der Waals surface area (Å²) in [6.45, 7) is 0. The minimum absolute atomic E-state index is 0.109. The molecule has 0 heterocycles. The molecule has 0 aliphatic rings. The van der Waals surface area contributed by atoms with E-state index in [2.05, 4.69) is 0 Å². The molecular weight excluding hydrogens is 176 g/mol. The van der Waals surface area contributed by atoms with Gasteiger partial charge in [0.15, 0.2) is 5.92 Å². The normalized spacial score (nSPS) is 13.4. The second kappa shape index (κ2) is 3.50. The fourth-order valence-electron chi connectivity index (χ4n) is 0.998. The molecule has 0 saturated carbocycles. The van der Waals surface area contributed by atoms with E-state index in [4.69, 9.17) is 10.4 Å². The van der Waals surface area contributed by atoms with Crippen LogP contribution in [-0.2, 0) is 0 Å². The van der Waals surface area contributed by atoms with Crippen molar-refractivity contribution >= 4 is 0 Å². The lowest BCUT2D eigenvalue weighted by atomic mass is 10.00. The Bertz CT molecular complexity index is 313. The highest BCUT2D eigenvalue weighted by Gasteiger charge is 2.38. The molecule has 0 aliphatic heterocycles. The van der Waals surface area contributed by atoms with Crippen LogP contribution in [0.5, 0.6) is 0 Å². The van der Waals surface area contributed by atoms with Gasteiger partial charge in [0.1, 0.15) is 0 Å². The second-order valence-electron chi connectivity index (χ2n) is 2.56. The lowest BCUT2D eigenvalue weighted by Gasteiger charge is -2.14. The highest BCUT2D eigenvalue weighted by molar-refractivity contribution is 5.26. The van der Waals surface area contributed by atoms with E-state index in [1.807, 2.05) is 0 Å². The maximum absolute atomic E-state index is 12.4. The summed E-state index contributed by atoms with van der Waals surface area (Å²) in [5.41, 5.74) is 0.109. The minimum atomic E-state index is -3.99. The van der Waals surface area contributed by atoms with Crippen LogP contribution in [0.15, 0.2) is 30.3 Å². The molecule has 1 N–H and O–H groups in total. The Morgan fingerprint density at radius 3 is 2.23 bits per heavy atom. The molecule has 0 aromatic heterocycles. The third kappa shape index (κ3) is 2.23. The molecule has 1 unspecified atom stereocenters. The van der Waals surface area contributed by atoms with Gasteiger partial charge in [0.05, 0.1) is 6.07 Å². The molecular formula is C9H7F2NO. The van der Waals surface area contributed by atoms with Crippen molar-refractivity contribution in [3.8, 4) is 6.07 Å². The quantitative estimate of drug-likeness (QED) is 0.760. The van der Waals surface area contributed by atoms with Gasteiger partial charge in [-0.25, -0.2) is 0 Å². The molecule has 2 nitrogen and oxygen atoms in total. The van der Waals surface area contributed by atoms with Crippen LogP contribution in [0.2, 0.25) is 0 Å². The first-order valence-electron chi connectivity index (χ1n) is 3.60. The third-order valence-electron chi connectivity index (χ3n) is 1.61. The molecule has 1 aromatic rings. The number of benzene rings is 1. The van der Waals surface area contributed by atoms with Crippen LogP contribution in [-0.4, -0.2) is 11.2 Å². The average molecular weight is 183 g/mol. The summed E-state index contributed by atoms with van der Waals surface area (Å²) >= 11 is 0. The summed E-state index contributed by atoms with van der Waals surface area (Å²) in [4.78, 5) is 0. The predicted octanol–water partition coefficient (Wildman–Crippen LogP) is 1.88. The number of hydrogen-bond donors (Lipinski definition) is 1. The monoisotopic (exact) mass is 183 g/mol. The SMILES string of the molecule is N#CC(c1ccccc1)C(O)(F)F. The van der Waals surface area contributed by atoms with Crippen molar-refractivity contribution in [2.24, 2.45) is 0 Å². The zero-order valence-electron chi connectivity index (χ0n) is 6.61. The van der Waals surface area contributed by atoms with Crippen molar-refractivity contribution in [1.29, 1.82) is 5.26 Å². The van der Waals surface area contributed by atoms with Crippen LogP contribution >= 0.6 is 0 Å². The Balaban J connectivity index is 3.01. The summed E-state index contributed by atoms with van der Waals surface area (Å²) in [6, 6.07) is 8.82. The van der Waals surface area contributed by atoms with Gasteiger partial charge in [-0.1, -0.05) is 30.3 Å². The van der Waals surface area contributed by atoms with Gasteiger partial charge in [0.2, 0.25) is 0 Å².